The summed E-state index contributed by atoms with van der Waals surface area (Å²) >= 11 is 2.71. The van der Waals surface area contributed by atoms with Crippen LogP contribution in [0.3, 0.4) is 0 Å². The van der Waals surface area contributed by atoms with Crippen molar-refractivity contribution in [3.63, 3.8) is 0 Å². The number of H-pyrrole nitrogens is 1. The van der Waals surface area contributed by atoms with Gasteiger partial charge in [0.25, 0.3) is 5.91 Å². The van der Waals surface area contributed by atoms with Crippen molar-refractivity contribution < 1.29 is 14.3 Å². The molecule has 1 atom stereocenters. The standard InChI is InChI=1S/C35H32N6O3S2/c1-22-17-23(2)38-35(37-22)46-21-32(42)41(19-31-40-30(20-45-31)24-9-5-4-6-10-24)33(28-18-36-29-12-8-7-11-27(28)29)34(43)39-25-13-15-26(44-3)16-14-25/h4-18,20,33,36H,19,21H2,1-3H3,(H,39,43)/t33-/m0/s1. The summed E-state index contributed by atoms with van der Waals surface area (Å²) in [6.07, 6.45) is 1.81. The second kappa shape index (κ2) is 14.0. The molecule has 9 nitrogen and oxygen atoms in total. The van der Waals surface area contributed by atoms with Crippen molar-refractivity contribution in [1.82, 2.24) is 24.8 Å². The maximum Gasteiger partial charge on any atom is 0.251 e. The summed E-state index contributed by atoms with van der Waals surface area (Å²) < 4.78 is 5.29. The second-order valence-corrected chi connectivity index (χ2v) is 12.5. The highest BCUT2D eigenvalue weighted by atomic mass is 32.2. The van der Waals surface area contributed by atoms with Gasteiger partial charge in [-0.05, 0) is 50.2 Å². The van der Waals surface area contributed by atoms with Crippen molar-refractivity contribution in [1.29, 1.82) is 0 Å². The Kier molecular flexibility index (Phi) is 9.41. The van der Waals surface area contributed by atoms with Crippen LogP contribution in [0.15, 0.2) is 102 Å². The number of aryl methyl sites for hydroxylation is 2. The third-order valence-corrected chi connectivity index (χ3v) is 9.03. The highest BCUT2D eigenvalue weighted by Gasteiger charge is 2.34. The lowest BCUT2D eigenvalue weighted by Crippen LogP contribution is -2.41. The molecule has 2 amide bonds. The molecular weight excluding hydrogens is 617 g/mol. The van der Waals surface area contributed by atoms with Crippen LogP contribution < -0.4 is 10.1 Å². The lowest BCUT2D eigenvalue weighted by atomic mass is 10.0. The summed E-state index contributed by atoms with van der Waals surface area (Å²) in [5, 5.41) is 7.09. The molecule has 0 spiro atoms. The van der Waals surface area contributed by atoms with Gasteiger partial charge in [-0.2, -0.15) is 0 Å². The van der Waals surface area contributed by atoms with Crippen LogP contribution in [0.5, 0.6) is 5.75 Å². The Balaban J connectivity index is 1.39. The third-order valence-electron chi connectivity index (χ3n) is 7.37. The molecule has 6 rings (SSSR count). The van der Waals surface area contributed by atoms with Crippen LogP contribution in [0.25, 0.3) is 22.2 Å². The number of thioether (sulfide) groups is 1. The van der Waals surface area contributed by atoms with Gasteiger partial charge in [0.1, 0.15) is 16.8 Å². The Labute approximate surface area is 275 Å². The van der Waals surface area contributed by atoms with Gasteiger partial charge >= 0.3 is 0 Å². The van der Waals surface area contributed by atoms with Crippen LogP contribution in [-0.2, 0) is 16.1 Å². The number of aromatic nitrogens is 4. The van der Waals surface area contributed by atoms with Crippen LogP contribution in [0.2, 0.25) is 0 Å². The van der Waals surface area contributed by atoms with Gasteiger partial charge < -0.3 is 19.9 Å². The summed E-state index contributed by atoms with van der Waals surface area (Å²) in [6, 6.07) is 25.7. The SMILES string of the molecule is COc1ccc(NC(=O)[C@H](c2c[nH]c3ccccc23)N(Cc2nc(-c3ccccc3)cs2)C(=O)CSc2nc(C)cc(C)n2)cc1. The number of ether oxygens (including phenoxy) is 1. The van der Waals surface area contributed by atoms with E-state index < -0.39 is 6.04 Å². The first kappa shape index (κ1) is 31.0. The number of para-hydroxylation sites is 1. The third kappa shape index (κ3) is 7.11. The molecule has 3 aromatic carbocycles. The molecule has 0 radical (unpaired) electrons. The van der Waals surface area contributed by atoms with Crippen LogP contribution in [0, 0.1) is 13.8 Å². The maximum atomic E-state index is 14.3. The first-order valence-corrected chi connectivity index (χ1v) is 16.5. The minimum Gasteiger partial charge on any atom is -0.497 e. The average Bonchev–Trinajstić information content (AvgIpc) is 3.71. The normalized spacial score (nSPS) is 11.7. The zero-order chi connectivity index (χ0) is 32.0. The Bertz CT molecular complexity index is 1950. The summed E-state index contributed by atoms with van der Waals surface area (Å²) in [7, 11) is 1.59. The predicted molar refractivity (Wildman–Crippen MR) is 183 cm³/mol. The first-order chi connectivity index (χ1) is 22.4. The smallest absolute Gasteiger partial charge is 0.251 e. The maximum absolute atomic E-state index is 14.3. The number of amides is 2. The van der Waals surface area contributed by atoms with E-state index in [0.29, 0.717) is 27.2 Å². The number of nitrogens with zero attached hydrogens (tertiary/aromatic N) is 4. The molecule has 0 fully saturated rings. The molecule has 46 heavy (non-hydrogen) atoms. The summed E-state index contributed by atoms with van der Waals surface area (Å²) in [4.78, 5) is 47.4. The van der Waals surface area contributed by atoms with Gasteiger partial charge in [0, 0.05) is 50.7 Å². The Morgan fingerprint density at radius 3 is 2.41 bits per heavy atom. The fourth-order valence-corrected chi connectivity index (χ4v) is 6.85. The van der Waals surface area contributed by atoms with Gasteiger partial charge in [-0.15, -0.1) is 11.3 Å². The van der Waals surface area contributed by atoms with Gasteiger partial charge in [0.05, 0.1) is 25.1 Å². The van der Waals surface area contributed by atoms with E-state index in [-0.39, 0.29) is 24.1 Å². The van der Waals surface area contributed by atoms with Crippen molar-refractivity contribution >= 4 is 51.5 Å². The number of carbonyl (C=O) groups is 2. The fraction of sp³-hybridized carbons (Fsp3) is 0.171. The minimum atomic E-state index is -0.976. The van der Waals surface area contributed by atoms with Crippen LogP contribution in [0.4, 0.5) is 5.69 Å². The topological polar surface area (TPSA) is 113 Å². The van der Waals surface area contributed by atoms with E-state index in [0.717, 1.165) is 33.5 Å². The van der Waals surface area contributed by atoms with Crippen molar-refractivity contribution in [3.8, 4) is 17.0 Å². The van der Waals surface area contributed by atoms with E-state index in [2.05, 4.69) is 20.3 Å². The largest absolute Gasteiger partial charge is 0.497 e. The number of nitrogens with one attached hydrogen (secondary N) is 2. The quantitative estimate of drug-likeness (QED) is 0.113. The summed E-state index contributed by atoms with van der Waals surface area (Å²) in [5.74, 6) is 0.112. The molecule has 0 bridgehead atoms. The number of rotatable bonds is 11. The highest BCUT2D eigenvalue weighted by Crippen LogP contribution is 2.33. The lowest BCUT2D eigenvalue weighted by molar-refractivity contribution is -0.137. The lowest BCUT2D eigenvalue weighted by Gasteiger charge is -2.30. The van der Waals surface area contributed by atoms with Crippen molar-refractivity contribution in [3.05, 3.63) is 118 Å². The Hall–Kier alpha value is -5.00. The zero-order valence-electron chi connectivity index (χ0n) is 25.6. The van der Waals surface area contributed by atoms with Crippen LogP contribution in [0.1, 0.15) is 28.0 Å². The number of anilines is 1. The molecule has 6 aromatic rings. The van der Waals surface area contributed by atoms with E-state index in [4.69, 9.17) is 9.72 Å². The number of methoxy groups -OCH3 is 1. The van der Waals surface area contributed by atoms with E-state index in [1.807, 2.05) is 79.9 Å². The number of carbonyl (C=O) groups excluding carboxylic acids is 2. The van der Waals surface area contributed by atoms with E-state index in [9.17, 15) is 9.59 Å². The molecule has 11 heteroatoms. The van der Waals surface area contributed by atoms with E-state index >= 15 is 0 Å². The molecule has 0 saturated heterocycles. The first-order valence-electron chi connectivity index (χ1n) is 14.6. The monoisotopic (exact) mass is 648 g/mol. The van der Waals surface area contributed by atoms with Crippen LogP contribution >= 0.6 is 23.1 Å². The molecular formula is C35H32N6O3S2. The van der Waals surface area contributed by atoms with Crippen molar-refractivity contribution in [2.24, 2.45) is 0 Å². The zero-order valence-corrected chi connectivity index (χ0v) is 27.2. The molecule has 3 heterocycles. The average molecular weight is 649 g/mol. The van der Waals surface area contributed by atoms with Gasteiger partial charge in [0.15, 0.2) is 5.16 Å². The number of fused-ring (bicyclic) bond motifs is 1. The molecule has 0 aliphatic heterocycles. The number of thiazole rings is 1. The minimum absolute atomic E-state index is 0.0362. The predicted octanol–water partition coefficient (Wildman–Crippen LogP) is 7.21. The highest BCUT2D eigenvalue weighted by molar-refractivity contribution is 7.99. The van der Waals surface area contributed by atoms with Gasteiger partial charge in [-0.25, -0.2) is 15.0 Å². The van der Waals surface area contributed by atoms with E-state index in [1.54, 1.807) is 42.5 Å². The summed E-state index contributed by atoms with van der Waals surface area (Å²) in [5.41, 5.74) is 5.58. The second-order valence-electron chi connectivity index (χ2n) is 10.6. The number of aromatic amines is 1. The number of benzene rings is 3. The van der Waals surface area contributed by atoms with Crippen molar-refractivity contribution in [2.75, 3.05) is 18.2 Å². The fourth-order valence-electron chi connectivity index (χ4n) is 5.22. The van der Waals surface area contributed by atoms with Gasteiger partial charge in [-0.1, -0.05) is 60.3 Å². The molecule has 3 aromatic heterocycles. The van der Waals surface area contributed by atoms with Crippen LogP contribution in [-0.4, -0.2) is 49.5 Å². The molecule has 0 unspecified atom stereocenters. The van der Waals surface area contributed by atoms with Crippen molar-refractivity contribution in [2.45, 2.75) is 31.6 Å². The molecule has 0 aliphatic carbocycles. The summed E-state index contributed by atoms with van der Waals surface area (Å²) in [6.45, 7) is 3.93. The number of hydrogen-bond donors (Lipinski definition) is 2. The van der Waals surface area contributed by atoms with Gasteiger partial charge in [-0.3, -0.25) is 9.59 Å². The Morgan fingerprint density at radius 1 is 0.957 bits per heavy atom. The molecule has 0 aliphatic rings. The van der Waals surface area contributed by atoms with Gasteiger partial charge in [0.2, 0.25) is 5.91 Å². The Morgan fingerprint density at radius 2 is 1.67 bits per heavy atom. The van der Waals surface area contributed by atoms with E-state index in [1.165, 1.54) is 23.1 Å². The molecule has 2 N–H and O–H groups in total. The molecule has 232 valence electrons. The molecule has 0 saturated carbocycles. The number of hydrogen-bond acceptors (Lipinski definition) is 8.